The molecule has 1 saturated heterocycles. The van der Waals surface area contributed by atoms with Gasteiger partial charge in [-0.25, -0.2) is 23.4 Å². The fraction of sp³-hybridized carbons (Fsp3) is 0.400. The Hall–Kier alpha value is -3.26. The lowest BCUT2D eigenvalue weighted by Crippen LogP contribution is -2.56. The van der Waals surface area contributed by atoms with E-state index in [1.807, 2.05) is 30.2 Å². The molecule has 1 amide bonds. The molecule has 10 nitrogen and oxygen atoms in total. The maximum atomic E-state index is 13.6. The number of carbonyl (C=O) groups is 1. The number of fused-ring (bicyclic) bond motifs is 2. The topological polar surface area (TPSA) is 114 Å². The third kappa shape index (κ3) is 4.75. The second kappa shape index (κ2) is 9.89. The molecule has 1 aromatic carbocycles. The van der Waals surface area contributed by atoms with Gasteiger partial charge in [0.05, 0.1) is 24.9 Å². The zero-order chi connectivity index (χ0) is 26.3. The van der Waals surface area contributed by atoms with Gasteiger partial charge in [-0.1, -0.05) is 12.0 Å². The number of hydrogen-bond donors (Lipinski definition) is 0. The van der Waals surface area contributed by atoms with E-state index in [4.69, 9.17) is 10.8 Å². The third-order valence-corrected chi connectivity index (χ3v) is 10.3. The highest BCUT2D eigenvalue weighted by molar-refractivity contribution is 7.91. The van der Waals surface area contributed by atoms with Gasteiger partial charge in [0.1, 0.15) is 9.97 Å². The van der Waals surface area contributed by atoms with Crippen molar-refractivity contribution in [3.8, 4) is 18.4 Å². The Bertz CT molecular complexity index is 1520. The Labute approximate surface area is 219 Å². The first-order valence-electron chi connectivity index (χ1n) is 11.8. The van der Waals surface area contributed by atoms with E-state index in [1.54, 1.807) is 23.1 Å². The Morgan fingerprint density at radius 2 is 2.03 bits per heavy atom. The van der Waals surface area contributed by atoms with E-state index in [1.165, 1.54) is 15.6 Å². The molecule has 192 valence electrons. The highest BCUT2D eigenvalue weighted by Crippen LogP contribution is 2.33. The van der Waals surface area contributed by atoms with Gasteiger partial charge in [-0.05, 0) is 30.0 Å². The predicted octanol–water partition coefficient (Wildman–Crippen LogP) is 2.48. The number of amides is 1. The zero-order valence-corrected chi connectivity index (χ0v) is 22.2. The summed E-state index contributed by atoms with van der Waals surface area (Å²) in [5.41, 5.74) is 1.41. The summed E-state index contributed by atoms with van der Waals surface area (Å²) in [6.07, 6.45) is 6.02. The van der Waals surface area contributed by atoms with Crippen molar-refractivity contribution >= 4 is 37.4 Å². The molecule has 1 atom stereocenters. The first-order valence-corrected chi connectivity index (χ1v) is 14.1. The van der Waals surface area contributed by atoms with Gasteiger partial charge in [0, 0.05) is 56.5 Å². The number of terminal acetylenes is 1. The number of thiophene rings is 1. The van der Waals surface area contributed by atoms with Gasteiger partial charge < -0.3 is 9.32 Å². The molecule has 0 N–H and O–H groups in total. The standard InChI is InChI=1S/C25H26N6O4S2/c1-4-17-7-8-18-13-23(36-22(18)12-17)37(33,34)30-10-11-31(19(14-30)6-5-9-26)25(32)24-27-20-15-28(2)29(3)16-21(20)35-24/h1,7-8,12-13,19H,5-6,10-11,14-16H2,2-3H3. The predicted molar refractivity (Wildman–Crippen MR) is 138 cm³/mol. The van der Waals surface area contributed by atoms with Gasteiger partial charge in [0.15, 0.2) is 0 Å². The molecule has 0 saturated carbocycles. The van der Waals surface area contributed by atoms with Crippen molar-refractivity contribution in [2.75, 3.05) is 33.7 Å². The molecule has 2 aliphatic heterocycles. The normalized spacial score (nSPS) is 19.5. The van der Waals surface area contributed by atoms with Gasteiger partial charge in [0.2, 0.25) is 0 Å². The van der Waals surface area contributed by atoms with E-state index in [0.29, 0.717) is 30.8 Å². The fourth-order valence-corrected chi connectivity index (χ4v) is 7.71. The highest BCUT2D eigenvalue weighted by atomic mass is 32.2. The van der Waals surface area contributed by atoms with Crippen LogP contribution in [0.25, 0.3) is 10.1 Å². The number of rotatable bonds is 5. The van der Waals surface area contributed by atoms with Gasteiger partial charge in [-0.2, -0.15) is 9.57 Å². The third-order valence-electron chi connectivity index (χ3n) is 6.85. The number of aromatic nitrogens is 1. The maximum absolute atomic E-state index is 13.6. The molecule has 5 rings (SSSR count). The number of oxazole rings is 1. The van der Waals surface area contributed by atoms with Crippen molar-refractivity contribution in [1.82, 2.24) is 24.2 Å². The summed E-state index contributed by atoms with van der Waals surface area (Å²) in [6, 6.07) is 8.69. The zero-order valence-electron chi connectivity index (χ0n) is 20.5. The minimum Gasteiger partial charge on any atom is -0.436 e. The maximum Gasteiger partial charge on any atom is 0.310 e. The summed E-state index contributed by atoms with van der Waals surface area (Å²) in [6.45, 7) is 1.43. The van der Waals surface area contributed by atoms with E-state index in [2.05, 4.69) is 17.0 Å². The van der Waals surface area contributed by atoms with Crippen molar-refractivity contribution in [1.29, 1.82) is 5.26 Å². The van der Waals surface area contributed by atoms with Gasteiger partial charge in [0.25, 0.3) is 15.9 Å². The highest BCUT2D eigenvalue weighted by Gasteiger charge is 2.39. The number of carbonyl (C=O) groups excluding carboxylic acids is 1. The minimum atomic E-state index is -3.80. The van der Waals surface area contributed by atoms with E-state index in [9.17, 15) is 18.5 Å². The van der Waals surface area contributed by atoms with Crippen molar-refractivity contribution in [3.05, 3.63) is 47.2 Å². The molecule has 12 heteroatoms. The van der Waals surface area contributed by atoms with Crippen molar-refractivity contribution in [2.45, 2.75) is 36.2 Å². The van der Waals surface area contributed by atoms with Gasteiger partial charge in [-0.3, -0.25) is 4.79 Å². The molecule has 3 aromatic rings. The van der Waals surface area contributed by atoms with E-state index < -0.39 is 16.1 Å². The molecular weight excluding hydrogens is 512 g/mol. The number of hydrogen-bond acceptors (Lipinski definition) is 9. The van der Waals surface area contributed by atoms with Crippen LogP contribution in [0, 0.1) is 23.7 Å². The minimum absolute atomic E-state index is 0.000730. The average Bonchev–Trinajstić information content (AvgIpc) is 3.51. The van der Waals surface area contributed by atoms with E-state index >= 15 is 0 Å². The molecule has 0 aliphatic carbocycles. The van der Waals surface area contributed by atoms with Crippen LogP contribution >= 0.6 is 11.3 Å². The molecule has 37 heavy (non-hydrogen) atoms. The molecule has 2 aromatic heterocycles. The summed E-state index contributed by atoms with van der Waals surface area (Å²) >= 11 is 1.18. The molecule has 4 heterocycles. The second-order valence-corrected chi connectivity index (χ2v) is 12.4. The summed E-state index contributed by atoms with van der Waals surface area (Å²) in [5, 5.41) is 14.0. The lowest BCUT2D eigenvalue weighted by Gasteiger charge is -2.39. The molecular formula is C25H26N6O4S2. The van der Waals surface area contributed by atoms with Gasteiger partial charge >= 0.3 is 5.91 Å². The Kier molecular flexibility index (Phi) is 6.79. The molecule has 2 aliphatic rings. The number of hydrazine groups is 1. The summed E-state index contributed by atoms with van der Waals surface area (Å²) in [4.78, 5) is 19.5. The quantitative estimate of drug-likeness (QED) is 0.455. The smallest absolute Gasteiger partial charge is 0.310 e. The van der Waals surface area contributed by atoms with Crippen LogP contribution in [0.2, 0.25) is 0 Å². The number of piperazine rings is 1. The average molecular weight is 539 g/mol. The molecule has 1 unspecified atom stereocenters. The summed E-state index contributed by atoms with van der Waals surface area (Å²) < 4.78 is 35.4. The SMILES string of the molecule is C#Cc1ccc2cc(S(=O)(=O)N3CCN(C(=O)c4nc5c(o4)CN(C)N(C)C5)C(CCC#N)C3)sc2c1. The van der Waals surface area contributed by atoms with Crippen molar-refractivity contribution in [3.63, 3.8) is 0 Å². The largest absolute Gasteiger partial charge is 0.436 e. The van der Waals surface area contributed by atoms with Crippen LogP contribution in [0.3, 0.4) is 0 Å². The Morgan fingerprint density at radius 1 is 1.24 bits per heavy atom. The number of benzene rings is 1. The van der Waals surface area contributed by atoms with Crippen molar-refractivity contribution < 1.29 is 17.6 Å². The van der Waals surface area contributed by atoms with Crippen molar-refractivity contribution in [2.24, 2.45) is 0 Å². The first kappa shape index (κ1) is 25.4. The number of nitrogens with zero attached hydrogens (tertiary/aromatic N) is 6. The van der Waals surface area contributed by atoms with Crippen LogP contribution in [0.15, 0.2) is 32.9 Å². The molecule has 1 fully saturated rings. The summed E-state index contributed by atoms with van der Waals surface area (Å²) in [7, 11) is 0.0571. The monoisotopic (exact) mass is 538 g/mol. The van der Waals surface area contributed by atoms with Crippen LogP contribution < -0.4 is 0 Å². The van der Waals surface area contributed by atoms with Crippen LogP contribution in [-0.4, -0.2) is 78.3 Å². The van der Waals surface area contributed by atoms with Crippen LogP contribution in [0.1, 0.15) is 40.5 Å². The lowest BCUT2D eigenvalue weighted by atomic mass is 10.1. The Morgan fingerprint density at radius 3 is 2.78 bits per heavy atom. The van der Waals surface area contributed by atoms with Gasteiger partial charge in [-0.15, -0.1) is 17.8 Å². The molecule has 0 spiro atoms. The van der Waals surface area contributed by atoms with Crippen LogP contribution in [-0.2, 0) is 23.1 Å². The number of nitriles is 1. The first-order chi connectivity index (χ1) is 17.7. The molecule has 0 radical (unpaired) electrons. The Balaban J connectivity index is 1.38. The lowest BCUT2D eigenvalue weighted by molar-refractivity contribution is -0.0103. The van der Waals surface area contributed by atoms with E-state index in [-0.39, 0.29) is 42.1 Å². The summed E-state index contributed by atoms with van der Waals surface area (Å²) in [5.74, 6) is 2.83. The van der Waals surface area contributed by atoms with Crippen LogP contribution in [0.4, 0.5) is 0 Å². The molecule has 0 bridgehead atoms. The van der Waals surface area contributed by atoms with E-state index in [0.717, 1.165) is 15.8 Å². The second-order valence-electron chi connectivity index (χ2n) is 9.20. The fourth-order valence-electron chi connectivity index (χ4n) is 4.65. The number of sulfonamides is 1. The van der Waals surface area contributed by atoms with Crippen LogP contribution in [0.5, 0.6) is 0 Å².